The van der Waals surface area contributed by atoms with Crippen LogP contribution in [0.15, 0.2) is 24.3 Å². The van der Waals surface area contributed by atoms with Gasteiger partial charge in [-0.05, 0) is 31.2 Å². The Kier molecular flexibility index (Phi) is 3.95. The SMILES string of the molecule is CC1(C(=O)O)COCC1NC(=O)c1ccc(C(N)=O)cc1. The lowest BCUT2D eigenvalue weighted by atomic mass is 9.85. The first-order valence-electron chi connectivity index (χ1n) is 6.36. The molecule has 1 aliphatic heterocycles. The highest BCUT2D eigenvalue weighted by molar-refractivity contribution is 5.97. The van der Waals surface area contributed by atoms with E-state index < -0.39 is 29.2 Å². The first kappa shape index (κ1) is 15.0. The summed E-state index contributed by atoms with van der Waals surface area (Å²) in [5.41, 5.74) is 4.59. The van der Waals surface area contributed by atoms with Gasteiger partial charge >= 0.3 is 5.97 Å². The predicted octanol–water partition coefficient (Wildman–Crippen LogP) is 0.00500. The van der Waals surface area contributed by atoms with Gasteiger partial charge in [-0.15, -0.1) is 0 Å². The summed E-state index contributed by atoms with van der Waals surface area (Å²) in [6.45, 7) is 1.73. The second-order valence-corrected chi connectivity index (χ2v) is 5.21. The van der Waals surface area contributed by atoms with E-state index in [1.807, 2.05) is 0 Å². The van der Waals surface area contributed by atoms with Crippen molar-refractivity contribution < 1.29 is 24.2 Å². The summed E-state index contributed by atoms with van der Waals surface area (Å²) >= 11 is 0. The molecule has 1 aromatic rings. The van der Waals surface area contributed by atoms with E-state index in [1.54, 1.807) is 0 Å². The minimum atomic E-state index is -1.15. The Labute approximate surface area is 121 Å². The summed E-state index contributed by atoms with van der Waals surface area (Å²) < 4.78 is 5.16. The van der Waals surface area contributed by atoms with Crippen molar-refractivity contribution in [3.05, 3.63) is 35.4 Å². The number of rotatable bonds is 4. The lowest BCUT2D eigenvalue weighted by Gasteiger charge is -2.25. The Hall–Kier alpha value is -2.41. The van der Waals surface area contributed by atoms with Crippen molar-refractivity contribution in [2.45, 2.75) is 13.0 Å². The molecule has 2 unspecified atom stereocenters. The van der Waals surface area contributed by atoms with Crippen molar-refractivity contribution in [3.8, 4) is 0 Å². The van der Waals surface area contributed by atoms with Crippen LogP contribution >= 0.6 is 0 Å². The third-order valence-corrected chi connectivity index (χ3v) is 3.68. The van der Waals surface area contributed by atoms with Gasteiger partial charge in [-0.25, -0.2) is 0 Å². The number of carboxylic acid groups (broad SMARTS) is 1. The van der Waals surface area contributed by atoms with Crippen LogP contribution in [0.25, 0.3) is 0 Å². The molecule has 1 saturated heterocycles. The topological polar surface area (TPSA) is 119 Å². The first-order valence-corrected chi connectivity index (χ1v) is 6.36. The highest BCUT2D eigenvalue weighted by atomic mass is 16.5. The van der Waals surface area contributed by atoms with Crippen molar-refractivity contribution in [3.63, 3.8) is 0 Å². The second kappa shape index (κ2) is 5.53. The zero-order chi connectivity index (χ0) is 15.6. The van der Waals surface area contributed by atoms with E-state index in [0.717, 1.165) is 0 Å². The number of carboxylic acids is 1. The Morgan fingerprint density at radius 3 is 2.38 bits per heavy atom. The lowest BCUT2D eigenvalue weighted by molar-refractivity contribution is -0.148. The van der Waals surface area contributed by atoms with Crippen LogP contribution < -0.4 is 11.1 Å². The molecular formula is C14H16N2O5. The maximum Gasteiger partial charge on any atom is 0.313 e. The number of hydrogen-bond donors (Lipinski definition) is 3. The number of carbonyl (C=O) groups is 3. The molecule has 0 aliphatic carbocycles. The van der Waals surface area contributed by atoms with Crippen LogP contribution in [-0.4, -0.2) is 42.1 Å². The minimum Gasteiger partial charge on any atom is -0.481 e. The van der Waals surface area contributed by atoms with Crippen LogP contribution in [0.1, 0.15) is 27.6 Å². The van der Waals surface area contributed by atoms with Crippen molar-refractivity contribution in [2.24, 2.45) is 11.1 Å². The van der Waals surface area contributed by atoms with E-state index in [0.29, 0.717) is 11.1 Å². The number of aliphatic carboxylic acids is 1. The fraction of sp³-hybridized carbons (Fsp3) is 0.357. The summed E-state index contributed by atoms with van der Waals surface area (Å²) in [4.78, 5) is 34.4. The molecule has 7 nitrogen and oxygen atoms in total. The van der Waals surface area contributed by atoms with Gasteiger partial charge in [0.25, 0.3) is 5.91 Å². The van der Waals surface area contributed by atoms with Gasteiger partial charge in [0, 0.05) is 11.1 Å². The summed E-state index contributed by atoms with van der Waals surface area (Å²) in [5.74, 6) is -2.02. The van der Waals surface area contributed by atoms with Gasteiger partial charge in [-0.3, -0.25) is 14.4 Å². The molecule has 0 aromatic heterocycles. The molecule has 4 N–H and O–H groups in total. The van der Waals surface area contributed by atoms with E-state index in [9.17, 15) is 19.5 Å². The van der Waals surface area contributed by atoms with Crippen molar-refractivity contribution in [1.82, 2.24) is 5.32 Å². The molecule has 2 atom stereocenters. The van der Waals surface area contributed by atoms with E-state index in [1.165, 1.54) is 31.2 Å². The maximum atomic E-state index is 12.1. The number of carbonyl (C=O) groups excluding carboxylic acids is 2. The van der Waals surface area contributed by atoms with Crippen LogP contribution in [0, 0.1) is 5.41 Å². The summed E-state index contributed by atoms with van der Waals surface area (Å²) in [5, 5.41) is 11.9. The van der Waals surface area contributed by atoms with Crippen LogP contribution in [-0.2, 0) is 9.53 Å². The summed E-state index contributed by atoms with van der Waals surface area (Å²) in [7, 11) is 0. The van der Waals surface area contributed by atoms with Crippen LogP contribution in [0.5, 0.6) is 0 Å². The van der Waals surface area contributed by atoms with Gasteiger partial charge in [0.1, 0.15) is 5.41 Å². The Balaban J connectivity index is 2.11. The van der Waals surface area contributed by atoms with Crippen LogP contribution in [0.4, 0.5) is 0 Å². The smallest absolute Gasteiger partial charge is 0.313 e. The molecule has 112 valence electrons. The molecule has 0 spiro atoms. The Bertz CT molecular complexity index is 584. The molecule has 0 radical (unpaired) electrons. The molecule has 7 heteroatoms. The predicted molar refractivity (Wildman–Crippen MR) is 72.8 cm³/mol. The molecule has 2 rings (SSSR count). The molecule has 21 heavy (non-hydrogen) atoms. The quantitative estimate of drug-likeness (QED) is 0.722. The van der Waals surface area contributed by atoms with Crippen LogP contribution in [0.3, 0.4) is 0 Å². The van der Waals surface area contributed by atoms with E-state index >= 15 is 0 Å². The molecule has 1 fully saturated rings. The average molecular weight is 292 g/mol. The normalized spacial score (nSPS) is 24.5. The van der Waals surface area contributed by atoms with E-state index in [-0.39, 0.29) is 13.2 Å². The molecule has 2 amide bonds. The number of primary amides is 1. The summed E-state index contributed by atoms with van der Waals surface area (Å²) in [6, 6.07) is 5.20. The molecule has 1 heterocycles. The number of nitrogens with two attached hydrogens (primary N) is 1. The van der Waals surface area contributed by atoms with Gasteiger partial charge in [0.15, 0.2) is 0 Å². The number of nitrogens with one attached hydrogen (secondary N) is 1. The highest BCUT2D eigenvalue weighted by Crippen LogP contribution is 2.28. The maximum absolute atomic E-state index is 12.1. The monoisotopic (exact) mass is 292 g/mol. The minimum absolute atomic E-state index is 0.0495. The fourth-order valence-electron chi connectivity index (χ4n) is 2.11. The highest BCUT2D eigenvalue weighted by Gasteiger charge is 2.47. The Morgan fingerprint density at radius 2 is 1.86 bits per heavy atom. The van der Waals surface area contributed by atoms with Crippen molar-refractivity contribution >= 4 is 17.8 Å². The molecule has 1 aliphatic rings. The van der Waals surface area contributed by atoms with Gasteiger partial charge in [-0.2, -0.15) is 0 Å². The van der Waals surface area contributed by atoms with Crippen molar-refractivity contribution in [2.75, 3.05) is 13.2 Å². The number of amides is 2. The fourth-order valence-corrected chi connectivity index (χ4v) is 2.11. The van der Waals surface area contributed by atoms with E-state index in [2.05, 4.69) is 5.32 Å². The third kappa shape index (κ3) is 2.87. The lowest BCUT2D eigenvalue weighted by Crippen LogP contribution is -2.49. The second-order valence-electron chi connectivity index (χ2n) is 5.21. The molecule has 0 bridgehead atoms. The van der Waals surface area contributed by atoms with E-state index in [4.69, 9.17) is 10.5 Å². The van der Waals surface area contributed by atoms with Gasteiger partial charge < -0.3 is 20.9 Å². The average Bonchev–Trinajstić information content (AvgIpc) is 2.81. The number of ether oxygens (including phenoxy) is 1. The first-order chi connectivity index (χ1) is 9.84. The summed E-state index contributed by atoms with van der Waals surface area (Å²) in [6.07, 6.45) is 0. The molecule has 1 aromatic carbocycles. The van der Waals surface area contributed by atoms with Crippen LogP contribution in [0.2, 0.25) is 0 Å². The number of benzene rings is 1. The van der Waals surface area contributed by atoms with Gasteiger partial charge in [0.2, 0.25) is 5.91 Å². The number of hydrogen-bond acceptors (Lipinski definition) is 4. The standard InChI is InChI=1S/C14H16N2O5/c1-14(13(19)20)7-21-6-10(14)16-12(18)9-4-2-8(3-5-9)11(15)17/h2-5,10H,6-7H2,1H3,(H2,15,17)(H,16,18)(H,19,20). The molecular weight excluding hydrogens is 276 g/mol. The third-order valence-electron chi connectivity index (χ3n) is 3.68. The van der Waals surface area contributed by atoms with Crippen molar-refractivity contribution in [1.29, 1.82) is 0 Å². The van der Waals surface area contributed by atoms with Gasteiger partial charge in [-0.1, -0.05) is 0 Å². The zero-order valence-electron chi connectivity index (χ0n) is 11.5. The largest absolute Gasteiger partial charge is 0.481 e. The zero-order valence-corrected chi connectivity index (χ0v) is 11.5. The Morgan fingerprint density at radius 1 is 1.29 bits per heavy atom. The molecule has 0 saturated carbocycles. The van der Waals surface area contributed by atoms with Gasteiger partial charge in [0.05, 0.1) is 19.3 Å².